The second-order valence-electron chi connectivity index (χ2n) is 8.15. The molecule has 2 aromatic rings. The fraction of sp³-hybridized carbons (Fsp3) is 0.435. The summed E-state index contributed by atoms with van der Waals surface area (Å²) in [7, 11) is 0. The fourth-order valence-corrected chi connectivity index (χ4v) is 3.43. The van der Waals surface area contributed by atoms with Crippen LogP contribution in [0.1, 0.15) is 49.0 Å². The van der Waals surface area contributed by atoms with Crippen molar-refractivity contribution < 1.29 is 19.1 Å². The lowest BCUT2D eigenvalue weighted by atomic mass is 9.91. The Morgan fingerprint density at radius 3 is 2.55 bits per heavy atom. The number of nitrogens with one attached hydrogen (secondary N) is 2. The minimum atomic E-state index is -1.41. The molecule has 168 valence electrons. The molecule has 2 rings (SSSR count). The van der Waals surface area contributed by atoms with Crippen molar-refractivity contribution in [2.75, 3.05) is 6.54 Å². The Labute approximate surface area is 190 Å². The predicted molar refractivity (Wildman–Crippen MR) is 121 cm³/mol. The lowest BCUT2D eigenvalue weighted by Crippen LogP contribution is -2.37. The molecule has 0 saturated heterocycles. The number of carbonyl (C=O) groups is 2. The van der Waals surface area contributed by atoms with Crippen LogP contribution < -0.4 is 10.6 Å². The van der Waals surface area contributed by atoms with E-state index < -0.39 is 17.7 Å². The lowest BCUT2D eigenvalue weighted by molar-refractivity contribution is -0.126. The largest absolute Gasteiger partial charge is 0.391 e. The average Bonchev–Trinajstić information content (AvgIpc) is 2.73. The number of rotatable bonds is 11. The van der Waals surface area contributed by atoms with Crippen LogP contribution in [0.25, 0.3) is 0 Å². The molecule has 1 aromatic heterocycles. The minimum Gasteiger partial charge on any atom is -0.391 e. The number of halogens is 2. The maximum absolute atomic E-state index is 14.0. The van der Waals surface area contributed by atoms with Gasteiger partial charge in [0.05, 0.1) is 11.7 Å². The maximum atomic E-state index is 14.0. The van der Waals surface area contributed by atoms with E-state index in [2.05, 4.69) is 31.5 Å². The van der Waals surface area contributed by atoms with Gasteiger partial charge in [-0.1, -0.05) is 30.3 Å². The van der Waals surface area contributed by atoms with Crippen LogP contribution in [0.3, 0.4) is 0 Å². The molecule has 0 spiro atoms. The topological polar surface area (TPSA) is 91.3 Å². The normalized spacial score (nSPS) is 13.3. The van der Waals surface area contributed by atoms with E-state index in [9.17, 15) is 19.1 Å². The Bertz CT molecular complexity index is 859. The van der Waals surface area contributed by atoms with E-state index in [0.29, 0.717) is 23.0 Å². The first-order valence-corrected chi connectivity index (χ1v) is 11.0. The number of hydrogen-bond donors (Lipinski definition) is 3. The van der Waals surface area contributed by atoms with E-state index in [1.165, 1.54) is 20.0 Å². The zero-order chi connectivity index (χ0) is 22.9. The maximum Gasteiger partial charge on any atom is 0.252 e. The molecular weight excluding hydrogens is 465 g/mol. The number of nitrogens with zero attached hydrogens (tertiary/aromatic N) is 1. The molecule has 8 heteroatoms. The van der Waals surface area contributed by atoms with Gasteiger partial charge in [-0.3, -0.25) is 14.6 Å². The van der Waals surface area contributed by atoms with Gasteiger partial charge in [0.15, 0.2) is 0 Å². The van der Waals surface area contributed by atoms with E-state index in [4.69, 9.17) is 0 Å². The Morgan fingerprint density at radius 2 is 1.90 bits per heavy atom. The Hall–Kier alpha value is -2.32. The highest BCUT2D eigenvalue weighted by Gasteiger charge is 2.26. The van der Waals surface area contributed by atoms with Crippen LogP contribution in [0.2, 0.25) is 0 Å². The summed E-state index contributed by atoms with van der Waals surface area (Å²) in [6.07, 6.45) is 2.66. The van der Waals surface area contributed by atoms with Crippen molar-refractivity contribution in [1.82, 2.24) is 15.6 Å². The van der Waals surface area contributed by atoms with Crippen LogP contribution in [-0.2, 0) is 11.3 Å². The van der Waals surface area contributed by atoms with Crippen molar-refractivity contribution in [2.24, 2.45) is 5.92 Å². The summed E-state index contributed by atoms with van der Waals surface area (Å²) in [5.74, 6) is -1.18. The highest BCUT2D eigenvalue weighted by molar-refractivity contribution is 9.10. The van der Waals surface area contributed by atoms with Gasteiger partial charge in [0, 0.05) is 35.9 Å². The number of pyridine rings is 1. The van der Waals surface area contributed by atoms with Crippen molar-refractivity contribution >= 4 is 27.7 Å². The molecule has 0 bridgehead atoms. The number of carbonyl (C=O) groups excluding carboxylic acids is 2. The summed E-state index contributed by atoms with van der Waals surface area (Å²) in [5, 5.41) is 15.9. The molecule has 0 fully saturated rings. The zero-order valence-corrected chi connectivity index (χ0v) is 19.4. The first-order valence-electron chi connectivity index (χ1n) is 10.2. The Kier molecular flexibility index (Phi) is 9.58. The highest BCUT2D eigenvalue weighted by Crippen LogP contribution is 2.23. The minimum absolute atomic E-state index is 0.0210. The summed E-state index contributed by atoms with van der Waals surface area (Å²) in [4.78, 5) is 28.9. The van der Waals surface area contributed by atoms with Crippen LogP contribution in [0.5, 0.6) is 0 Å². The molecule has 0 radical (unpaired) electrons. The van der Waals surface area contributed by atoms with Gasteiger partial charge in [0.25, 0.3) is 5.91 Å². The fourth-order valence-electron chi connectivity index (χ4n) is 3.06. The third-order valence-corrected chi connectivity index (χ3v) is 5.22. The second-order valence-corrected chi connectivity index (χ2v) is 9.06. The van der Waals surface area contributed by atoms with Crippen LogP contribution >= 0.6 is 15.9 Å². The predicted octanol–water partition coefficient (Wildman–Crippen LogP) is 3.79. The highest BCUT2D eigenvalue weighted by atomic mass is 79.9. The number of alkyl halides is 1. The number of aromatic nitrogens is 1. The van der Waals surface area contributed by atoms with E-state index in [1.807, 2.05) is 30.3 Å². The van der Waals surface area contributed by atoms with Crippen LogP contribution in [0, 0.1) is 5.92 Å². The summed E-state index contributed by atoms with van der Waals surface area (Å²) in [6.45, 7) is 3.27. The molecule has 2 atom stereocenters. The van der Waals surface area contributed by atoms with Gasteiger partial charge in [0.2, 0.25) is 5.91 Å². The Morgan fingerprint density at radius 1 is 1.19 bits per heavy atom. The van der Waals surface area contributed by atoms with E-state index in [1.54, 1.807) is 12.3 Å². The molecule has 1 aromatic carbocycles. The first kappa shape index (κ1) is 24.9. The molecule has 1 heterocycles. The van der Waals surface area contributed by atoms with E-state index in [-0.39, 0.29) is 31.2 Å². The van der Waals surface area contributed by atoms with Crippen molar-refractivity contribution in [3.8, 4) is 0 Å². The number of aliphatic hydroxyl groups is 1. The SMILES string of the molecule is CC(C)(F)CC[C@H](C[C@H](O)CNC(=O)c1cncc(Br)c1)C(=O)NCc1ccccc1. The molecule has 0 aliphatic carbocycles. The number of hydrogen-bond acceptors (Lipinski definition) is 4. The number of benzene rings is 1. The van der Waals surface area contributed by atoms with Gasteiger partial charge in [-0.15, -0.1) is 0 Å². The van der Waals surface area contributed by atoms with Gasteiger partial charge >= 0.3 is 0 Å². The van der Waals surface area contributed by atoms with Crippen LogP contribution in [0.4, 0.5) is 4.39 Å². The molecule has 0 aliphatic rings. The number of aliphatic hydroxyl groups excluding tert-OH is 1. The third-order valence-electron chi connectivity index (χ3n) is 4.79. The molecule has 0 aliphatic heterocycles. The van der Waals surface area contributed by atoms with Crippen LogP contribution in [0.15, 0.2) is 53.3 Å². The Balaban J connectivity index is 1.92. The molecule has 2 amide bonds. The van der Waals surface area contributed by atoms with E-state index >= 15 is 0 Å². The van der Waals surface area contributed by atoms with Crippen molar-refractivity contribution in [3.05, 3.63) is 64.4 Å². The van der Waals surface area contributed by atoms with Gasteiger partial charge in [-0.2, -0.15) is 0 Å². The van der Waals surface area contributed by atoms with Gasteiger partial charge in [0.1, 0.15) is 5.67 Å². The smallest absolute Gasteiger partial charge is 0.252 e. The second kappa shape index (κ2) is 11.9. The molecule has 6 nitrogen and oxygen atoms in total. The molecule has 31 heavy (non-hydrogen) atoms. The summed E-state index contributed by atoms with van der Waals surface area (Å²) < 4.78 is 14.7. The lowest BCUT2D eigenvalue weighted by Gasteiger charge is -2.23. The molecule has 3 N–H and O–H groups in total. The van der Waals surface area contributed by atoms with E-state index in [0.717, 1.165) is 5.56 Å². The number of amides is 2. The zero-order valence-electron chi connectivity index (χ0n) is 17.8. The third kappa shape index (κ3) is 9.57. The van der Waals surface area contributed by atoms with Crippen molar-refractivity contribution in [1.29, 1.82) is 0 Å². The summed E-state index contributed by atoms with van der Waals surface area (Å²) >= 11 is 3.26. The summed E-state index contributed by atoms with van der Waals surface area (Å²) in [5.41, 5.74) is -0.0982. The average molecular weight is 494 g/mol. The van der Waals surface area contributed by atoms with Crippen molar-refractivity contribution in [2.45, 2.75) is 51.4 Å². The molecule has 0 unspecified atom stereocenters. The summed E-state index contributed by atoms with van der Waals surface area (Å²) in [6, 6.07) is 11.1. The van der Waals surface area contributed by atoms with Gasteiger partial charge < -0.3 is 15.7 Å². The standard InChI is InChI=1S/C23H29BrFN3O3/c1-23(2,25)9-8-17(21(30)27-12-16-6-4-3-5-7-16)11-20(29)15-28-22(31)18-10-19(24)14-26-13-18/h3-7,10,13-14,17,20,29H,8-9,11-12,15H2,1-2H3,(H,27,30)(H,28,31)/t17-,20+/m1/s1. The monoisotopic (exact) mass is 493 g/mol. The van der Waals surface area contributed by atoms with Gasteiger partial charge in [-0.25, -0.2) is 4.39 Å². The van der Waals surface area contributed by atoms with Gasteiger partial charge in [-0.05, 0) is 60.7 Å². The van der Waals surface area contributed by atoms with Crippen LogP contribution in [-0.4, -0.2) is 40.2 Å². The molecular formula is C23H29BrFN3O3. The first-order chi connectivity index (χ1) is 14.6. The molecule has 0 saturated carbocycles. The van der Waals surface area contributed by atoms with Crippen molar-refractivity contribution in [3.63, 3.8) is 0 Å². The quantitative estimate of drug-likeness (QED) is 0.444.